The van der Waals surface area contributed by atoms with Crippen molar-refractivity contribution in [1.82, 2.24) is 0 Å². The summed E-state index contributed by atoms with van der Waals surface area (Å²) in [6.07, 6.45) is 12.7. The van der Waals surface area contributed by atoms with E-state index in [1.54, 1.807) is 0 Å². The summed E-state index contributed by atoms with van der Waals surface area (Å²) in [7, 11) is 0. The number of Topliss-reactive ketones (excluding diaryl/α,β-unsaturated/α-hetero) is 3. The Labute approximate surface area is 220 Å². The number of rotatable bonds is 26. The molecule has 0 rings (SSSR count). The molecule has 0 aliphatic heterocycles. The van der Waals surface area contributed by atoms with Gasteiger partial charge in [-0.25, -0.2) is 0 Å². The van der Waals surface area contributed by atoms with Crippen LogP contribution in [-0.2, 0) is 14.4 Å². The zero-order valence-electron chi connectivity index (χ0n) is 23.6. The third kappa shape index (κ3) is 14.0. The lowest BCUT2D eigenvalue weighted by Crippen LogP contribution is -2.63. The van der Waals surface area contributed by atoms with Gasteiger partial charge in [0.15, 0.2) is 35.2 Å². The van der Waals surface area contributed by atoms with Crippen molar-refractivity contribution in [3.63, 3.8) is 0 Å². The third-order valence-electron chi connectivity index (χ3n) is 7.20. The van der Waals surface area contributed by atoms with Crippen molar-refractivity contribution >= 4 is 17.3 Å². The van der Waals surface area contributed by atoms with Crippen LogP contribution in [0, 0.1) is 0 Å². The molecule has 2 unspecified atom stereocenters. The predicted molar refractivity (Wildman–Crippen MR) is 146 cm³/mol. The van der Waals surface area contributed by atoms with E-state index in [-0.39, 0.29) is 19.3 Å². The van der Waals surface area contributed by atoms with Crippen LogP contribution >= 0.6 is 0 Å². The smallest absolute Gasteiger partial charge is 0.189 e. The summed E-state index contributed by atoms with van der Waals surface area (Å²) >= 11 is 0. The maximum Gasteiger partial charge on any atom is 0.189 e. The van der Waals surface area contributed by atoms with Gasteiger partial charge in [-0.1, -0.05) is 117 Å². The van der Waals surface area contributed by atoms with Gasteiger partial charge in [0.1, 0.15) is 0 Å². The SMILES string of the molecule is CCCCCCCCC(=O)C(O)C(O)(C(=O)CCCCCCCC)C(O)C(=O)CCCCCCCC. The van der Waals surface area contributed by atoms with Crippen molar-refractivity contribution in [2.75, 3.05) is 0 Å². The average Bonchev–Trinajstić information content (AvgIpc) is 2.88. The highest BCUT2D eigenvalue weighted by Gasteiger charge is 2.53. The lowest BCUT2D eigenvalue weighted by atomic mass is 9.78. The molecule has 212 valence electrons. The molecule has 0 saturated heterocycles. The summed E-state index contributed by atoms with van der Waals surface area (Å²) in [5.41, 5.74) is -2.78. The normalized spacial score (nSPS) is 14.8. The van der Waals surface area contributed by atoms with Crippen molar-refractivity contribution < 1.29 is 29.7 Å². The van der Waals surface area contributed by atoms with Gasteiger partial charge in [-0.15, -0.1) is 0 Å². The Morgan fingerprint density at radius 3 is 1.11 bits per heavy atom. The number of carbonyl (C=O) groups excluding carboxylic acids is 3. The predicted octanol–water partition coefficient (Wildman–Crippen LogP) is 6.40. The Balaban J connectivity index is 5.12. The van der Waals surface area contributed by atoms with Crippen LogP contribution in [0.5, 0.6) is 0 Å². The summed E-state index contributed by atoms with van der Waals surface area (Å²) in [5, 5.41) is 32.8. The molecule has 6 nitrogen and oxygen atoms in total. The molecule has 36 heavy (non-hydrogen) atoms. The van der Waals surface area contributed by atoms with E-state index in [1.807, 2.05) is 0 Å². The minimum Gasteiger partial charge on any atom is -0.382 e. The molecule has 0 aliphatic rings. The molecule has 0 fully saturated rings. The molecule has 0 heterocycles. The minimum atomic E-state index is -2.78. The van der Waals surface area contributed by atoms with Crippen LogP contribution in [0.25, 0.3) is 0 Å². The summed E-state index contributed by atoms with van der Waals surface area (Å²) in [6, 6.07) is 0. The monoisotopic (exact) mass is 512 g/mol. The molecular formula is C30H56O6. The number of unbranched alkanes of at least 4 members (excludes halogenated alkanes) is 15. The standard InChI is InChI=1S/C30H56O6/c1-4-7-10-13-16-19-22-25(31)28(34)30(36,27(33)24-21-18-15-12-9-6-3)29(35)26(32)23-20-17-14-11-8-5-2/h28-29,34-36H,4-24H2,1-3H3. The quantitative estimate of drug-likeness (QED) is 0.116. The maximum absolute atomic E-state index is 13.1. The molecule has 0 bridgehead atoms. The Hall–Kier alpha value is -1.11. The molecule has 0 saturated carbocycles. The molecular weight excluding hydrogens is 456 g/mol. The Kier molecular flexibility index (Phi) is 21.3. The highest BCUT2D eigenvalue weighted by atomic mass is 16.4. The second kappa shape index (κ2) is 21.9. The molecule has 0 aromatic carbocycles. The zero-order valence-corrected chi connectivity index (χ0v) is 23.6. The number of aliphatic hydroxyl groups excluding tert-OH is 2. The van der Waals surface area contributed by atoms with E-state index in [2.05, 4.69) is 20.8 Å². The highest BCUT2D eigenvalue weighted by Crippen LogP contribution is 2.26. The van der Waals surface area contributed by atoms with E-state index in [9.17, 15) is 29.7 Å². The van der Waals surface area contributed by atoms with Crippen LogP contribution in [-0.4, -0.2) is 50.5 Å². The van der Waals surface area contributed by atoms with Crippen LogP contribution in [0.3, 0.4) is 0 Å². The fourth-order valence-electron chi connectivity index (χ4n) is 4.64. The lowest BCUT2D eigenvalue weighted by Gasteiger charge is -2.34. The van der Waals surface area contributed by atoms with Gasteiger partial charge in [0.2, 0.25) is 0 Å². The first kappa shape index (κ1) is 34.9. The molecule has 0 amide bonds. The molecule has 0 radical (unpaired) electrons. The van der Waals surface area contributed by atoms with Gasteiger partial charge in [0.05, 0.1) is 0 Å². The average molecular weight is 513 g/mol. The van der Waals surface area contributed by atoms with Gasteiger partial charge < -0.3 is 15.3 Å². The van der Waals surface area contributed by atoms with Crippen LogP contribution in [0.4, 0.5) is 0 Å². The van der Waals surface area contributed by atoms with E-state index < -0.39 is 35.2 Å². The summed E-state index contributed by atoms with van der Waals surface area (Å²) in [4.78, 5) is 38.5. The molecule has 0 aromatic heterocycles. The summed E-state index contributed by atoms with van der Waals surface area (Å²) < 4.78 is 0. The first-order valence-electron chi connectivity index (χ1n) is 14.9. The molecule has 3 N–H and O–H groups in total. The maximum atomic E-state index is 13.1. The van der Waals surface area contributed by atoms with Gasteiger partial charge in [-0.3, -0.25) is 14.4 Å². The number of ketones is 3. The van der Waals surface area contributed by atoms with E-state index in [0.29, 0.717) is 19.3 Å². The minimum absolute atomic E-state index is 0.0121. The Morgan fingerprint density at radius 2 is 0.778 bits per heavy atom. The van der Waals surface area contributed by atoms with Gasteiger partial charge in [0.25, 0.3) is 0 Å². The highest BCUT2D eigenvalue weighted by molar-refractivity contribution is 6.01. The van der Waals surface area contributed by atoms with E-state index in [1.165, 1.54) is 0 Å². The number of aliphatic hydroxyl groups is 3. The Morgan fingerprint density at radius 1 is 0.500 bits per heavy atom. The van der Waals surface area contributed by atoms with Gasteiger partial charge in [0, 0.05) is 19.3 Å². The largest absolute Gasteiger partial charge is 0.382 e. The summed E-state index contributed by atoms with van der Waals surface area (Å²) in [5.74, 6) is -2.18. The third-order valence-corrected chi connectivity index (χ3v) is 7.20. The Bertz CT molecular complexity index is 554. The van der Waals surface area contributed by atoms with Crippen LogP contribution in [0.1, 0.15) is 156 Å². The van der Waals surface area contributed by atoms with Crippen LogP contribution < -0.4 is 0 Å². The van der Waals surface area contributed by atoms with Crippen molar-refractivity contribution in [2.45, 2.75) is 173 Å². The molecule has 2 atom stereocenters. The van der Waals surface area contributed by atoms with E-state index >= 15 is 0 Å². The van der Waals surface area contributed by atoms with Crippen LogP contribution in [0.2, 0.25) is 0 Å². The van der Waals surface area contributed by atoms with E-state index in [0.717, 1.165) is 96.3 Å². The molecule has 0 aromatic rings. The molecule has 6 heteroatoms. The number of hydrogen-bond acceptors (Lipinski definition) is 6. The fourth-order valence-corrected chi connectivity index (χ4v) is 4.64. The van der Waals surface area contributed by atoms with Gasteiger partial charge >= 0.3 is 0 Å². The number of carbonyl (C=O) groups is 3. The second-order valence-corrected chi connectivity index (χ2v) is 10.5. The van der Waals surface area contributed by atoms with E-state index in [4.69, 9.17) is 0 Å². The first-order valence-corrected chi connectivity index (χ1v) is 14.9. The topological polar surface area (TPSA) is 112 Å². The fraction of sp³-hybridized carbons (Fsp3) is 0.900. The number of hydrogen-bond donors (Lipinski definition) is 3. The first-order chi connectivity index (χ1) is 17.3. The second-order valence-electron chi connectivity index (χ2n) is 10.5. The van der Waals surface area contributed by atoms with Crippen molar-refractivity contribution in [3.8, 4) is 0 Å². The van der Waals surface area contributed by atoms with Crippen LogP contribution in [0.15, 0.2) is 0 Å². The molecule has 0 spiro atoms. The van der Waals surface area contributed by atoms with Crippen molar-refractivity contribution in [3.05, 3.63) is 0 Å². The van der Waals surface area contributed by atoms with Gasteiger partial charge in [-0.2, -0.15) is 0 Å². The van der Waals surface area contributed by atoms with Crippen molar-refractivity contribution in [2.24, 2.45) is 0 Å². The zero-order chi connectivity index (χ0) is 27.2. The summed E-state index contributed by atoms with van der Waals surface area (Å²) in [6.45, 7) is 6.38. The molecule has 0 aliphatic carbocycles. The lowest BCUT2D eigenvalue weighted by molar-refractivity contribution is -0.181. The van der Waals surface area contributed by atoms with Crippen molar-refractivity contribution in [1.29, 1.82) is 0 Å². The van der Waals surface area contributed by atoms with Gasteiger partial charge in [-0.05, 0) is 19.3 Å².